The number of Topliss-reactive ketones (excluding diaryl/α,β-unsaturated/α-hetero) is 1. The van der Waals surface area contributed by atoms with Crippen LogP contribution in [0, 0.1) is 26.9 Å². The molecule has 0 spiro atoms. The Labute approximate surface area is 151 Å². The van der Waals surface area contributed by atoms with Crippen LogP contribution in [0.3, 0.4) is 0 Å². The van der Waals surface area contributed by atoms with Crippen LogP contribution in [0.2, 0.25) is 0 Å². The molecule has 0 saturated heterocycles. The predicted octanol–water partition coefficient (Wildman–Crippen LogP) is 3.56. The smallest absolute Gasteiger partial charge is 0.273 e. The van der Waals surface area contributed by atoms with Crippen LogP contribution >= 0.6 is 12.2 Å². The van der Waals surface area contributed by atoms with Gasteiger partial charge >= 0.3 is 0 Å². The number of ketones is 1. The van der Waals surface area contributed by atoms with E-state index in [1.165, 1.54) is 19.1 Å². The maximum absolute atomic E-state index is 12.3. The molecule has 1 N–H and O–H groups in total. The summed E-state index contributed by atoms with van der Waals surface area (Å²) in [4.78, 5) is 23.6. The van der Waals surface area contributed by atoms with Gasteiger partial charge in [-0.3, -0.25) is 14.9 Å². The van der Waals surface area contributed by atoms with Crippen molar-refractivity contribution in [3.63, 3.8) is 0 Å². The number of para-hydroxylation sites is 1. The molecule has 7 heteroatoms. The average Bonchev–Trinajstić information content (AvgIpc) is 2.56. The minimum absolute atomic E-state index is 0.146. The van der Waals surface area contributed by atoms with Crippen molar-refractivity contribution in [1.82, 2.24) is 5.32 Å². The lowest BCUT2D eigenvalue weighted by Crippen LogP contribution is -2.48. The second kappa shape index (κ2) is 6.95. The van der Waals surface area contributed by atoms with E-state index in [1.54, 1.807) is 25.1 Å². The number of nitriles is 1. The van der Waals surface area contributed by atoms with E-state index in [0.717, 1.165) is 0 Å². The van der Waals surface area contributed by atoms with Crippen molar-refractivity contribution in [3.8, 4) is 6.07 Å². The summed E-state index contributed by atoms with van der Waals surface area (Å²) in [6.07, 6.45) is 1.70. The summed E-state index contributed by atoms with van der Waals surface area (Å²) < 4.78 is 0. The van der Waals surface area contributed by atoms with Gasteiger partial charge in [0.15, 0.2) is 5.78 Å². The third-order valence-corrected chi connectivity index (χ3v) is 4.85. The molecule has 0 aliphatic carbocycles. The van der Waals surface area contributed by atoms with Crippen LogP contribution in [0.25, 0.3) is 0 Å². The lowest BCUT2D eigenvalue weighted by Gasteiger charge is -2.41. The number of rotatable bonds is 5. The summed E-state index contributed by atoms with van der Waals surface area (Å²) in [5, 5.41) is 24.4. The minimum atomic E-state index is -1.32. The molecule has 6 nitrogen and oxygen atoms in total. The number of thiocarbonyl (C=S) groups is 1. The van der Waals surface area contributed by atoms with Crippen LogP contribution in [0.5, 0.6) is 0 Å². The molecule has 2 atom stereocenters. The summed E-state index contributed by atoms with van der Waals surface area (Å²) in [6, 6.07) is 8.34. The van der Waals surface area contributed by atoms with E-state index in [4.69, 9.17) is 12.2 Å². The highest BCUT2D eigenvalue weighted by atomic mass is 32.1. The van der Waals surface area contributed by atoms with E-state index in [1.807, 2.05) is 0 Å². The molecule has 1 aromatic rings. The molecular formula is C18H17N3O3S. The van der Waals surface area contributed by atoms with Gasteiger partial charge in [0.05, 0.1) is 11.0 Å². The largest absolute Gasteiger partial charge is 0.352 e. The number of benzene rings is 1. The van der Waals surface area contributed by atoms with E-state index in [2.05, 4.69) is 18.0 Å². The fourth-order valence-corrected chi connectivity index (χ4v) is 3.73. The molecule has 0 amide bonds. The molecule has 1 aromatic carbocycles. The van der Waals surface area contributed by atoms with Crippen molar-refractivity contribution in [2.75, 3.05) is 0 Å². The van der Waals surface area contributed by atoms with E-state index >= 15 is 0 Å². The van der Waals surface area contributed by atoms with Gasteiger partial charge in [0.25, 0.3) is 5.69 Å². The molecule has 1 aliphatic rings. The first-order valence-corrected chi connectivity index (χ1v) is 7.99. The Morgan fingerprint density at radius 2 is 2.20 bits per heavy atom. The number of carbonyl (C=O) groups excluding carboxylic acids is 1. The number of carbonyl (C=O) groups is 1. The predicted molar refractivity (Wildman–Crippen MR) is 97.8 cm³/mol. The molecule has 1 heterocycles. The second-order valence-corrected chi connectivity index (χ2v) is 6.28. The Bertz CT molecular complexity index is 853. The second-order valence-electron chi connectivity index (χ2n) is 5.87. The number of allylic oxidation sites excluding steroid dienone is 3. The molecule has 0 radical (unpaired) electrons. The first kappa shape index (κ1) is 18.5. The zero-order valence-corrected chi connectivity index (χ0v) is 14.7. The van der Waals surface area contributed by atoms with Gasteiger partial charge in [-0.1, -0.05) is 36.5 Å². The quantitative estimate of drug-likeness (QED) is 0.375. The van der Waals surface area contributed by atoms with Crippen LogP contribution in [-0.2, 0) is 4.79 Å². The summed E-state index contributed by atoms with van der Waals surface area (Å²) in [5.74, 6) is -1.11. The monoisotopic (exact) mass is 355 g/mol. The van der Waals surface area contributed by atoms with Crippen LogP contribution < -0.4 is 5.32 Å². The molecule has 128 valence electrons. The third kappa shape index (κ3) is 2.96. The highest BCUT2D eigenvalue weighted by Crippen LogP contribution is 2.50. The molecule has 0 unspecified atom stereocenters. The van der Waals surface area contributed by atoms with Crippen molar-refractivity contribution < 1.29 is 9.72 Å². The van der Waals surface area contributed by atoms with Gasteiger partial charge in [0.2, 0.25) is 0 Å². The third-order valence-electron chi connectivity index (χ3n) is 4.38. The van der Waals surface area contributed by atoms with Crippen molar-refractivity contribution in [3.05, 3.63) is 63.9 Å². The van der Waals surface area contributed by atoms with Gasteiger partial charge in [-0.25, -0.2) is 0 Å². The van der Waals surface area contributed by atoms with Crippen molar-refractivity contribution >= 4 is 28.7 Å². The molecule has 0 bridgehead atoms. The molecule has 2 rings (SSSR count). The Morgan fingerprint density at radius 3 is 2.72 bits per heavy atom. The average molecular weight is 355 g/mol. The fraction of sp³-hybridized carbons (Fsp3) is 0.278. The van der Waals surface area contributed by atoms with E-state index in [9.17, 15) is 20.2 Å². The van der Waals surface area contributed by atoms with Crippen LogP contribution in [0.1, 0.15) is 31.7 Å². The molecule has 25 heavy (non-hydrogen) atoms. The zero-order chi connectivity index (χ0) is 18.8. The first-order chi connectivity index (χ1) is 11.8. The van der Waals surface area contributed by atoms with Gasteiger partial charge in [-0.05, 0) is 20.3 Å². The van der Waals surface area contributed by atoms with Crippen molar-refractivity contribution in [1.29, 1.82) is 5.26 Å². The van der Waals surface area contributed by atoms with Crippen LogP contribution in [0.15, 0.2) is 48.2 Å². The Kier molecular flexibility index (Phi) is 5.14. The standard InChI is InChI=1S/C18H17N3O3S/c1-4-9-18(10-19)16(13-7-5-6-8-14(13)21(23)24)15(12(3)22)11(2)20-17(18)25/h4-8,16H,1,9H2,2-3H3,(H,20,25)/t16-,18+/m1/s1. The van der Waals surface area contributed by atoms with Gasteiger partial charge in [-0.15, -0.1) is 6.58 Å². The van der Waals surface area contributed by atoms with Crippen molar-refractivity contribution in [2.45, 2.75) is 26.2 Å². The summed E-state index contributed by atoms with van der Waals surface area (Å²) in [7, 11) is 0. The summed E-state index contributed by atoms with van der Waals surface area (Å²) in [5.41, 5.74) is -0.331. The number of nitro benzene ring substituents is 1. The zero-order valence-electron chi connectivity index (χ0n) is 13.9. The number of nitrogens with one attached hydrogen (secondary N) is 1. The number of hydrogen-bond donors (Lipinski definition) is 1. The SMILES string of the molecule is C=CC[C@@]1(C#N)C(=S)NC(C)=C(C(C)=O)[C@H]1c1ccccc1[N+](=O)[O-]. The summed E-state index contributed by atoms with van der Waals surface area (Å²) >= 11 is 5.41. The van der Waals surface area contributed by atoms with Gasteiger partial charge in [0.1, 0.15) is 10.4 Å². The number of nitrogens with zero attached hydrogens (tertiary/aromatic N) is 2. The van der Waals surface area contributed by atoms with Crippen molar-refractivity contribution in [2.24, 2.45) is 5.41 Å². The fourth-order valence-electron chi connectivity index (χ4n) is 3.33. The lowest BCUT2D eigenvalue weighted by atomic mass is 9.64. The summed E-state index contributed by atoms with van der Waals surface area (Å²) in [6.45, 7) is 6.75. The van der Waals surface area contributed by atoms with Crippen LogP contribution in [0.4, 0.5) is 5.69 Å². The molecule has 0 aromatic heterocycles. The lowest BCUT2D eigenvalue weighted by molar-refractivity contribution is -0.385. The Balaban J connectivity index is 2.91. The molecule has 0 fully saturated rings. The van der Waals surface area contributed by atoms with E-state index in [-0.39, 0.29) is 22.9 Å². The normalized spacial score (nSPS) is 22.8. The number of nitro groups is 1. The highest BCUT2D eigenvalue weighted by Gasteiger charge is 2.51. The Morgan fingerprint density at radius 1 is 1.56 bits per heavy atom. The van der Waals surface area contributed by atoms with Gasteiger partial charge in [0, 0.05) is 28.8 Å². The maximum atomic E-state index is 12.3. The number of hydrogen-bond acceptors (Lipinski definition) is 5. The minimum Gasteiger partial charge on any atom is -0.352 e. The molecule has 1 aliphatic heterocycles. The first-order valence-electron chi connectivity index (χ1n) is 7.58. The molecular weight excluding hydrogens is 338 g/mol. The van der Waals surface area contributed by atoms with E-state index < -0.39 is 16.3 Å². The van der Waals surface area contributed by atoms with Gasteiger partial charge in [-0.2, -0.15) is 5.26 Å². The van der Waals surface area contributed by atoms with E-state index in [0.29, 0.717) is 16.8 Å². The van der Waals surface area contributed by atoms with Gasteiger partial charge < -0.3 is 5.32 Å². The maximum Gasteiger partial charge on any atom is 0.273 e. The highest BCUT2D eigenvalue weighted by molar-refractivity contribution is 7.80. The van der Waals surface area contributed by atoms with Crippen LogP contribution in [-0.4, -0.2) is 15.7 Å². The topological polar surface area (TPSA) is 96.0 Å². The molecule has 0 saturated carbocycles. The Hall–Kier alpha value is -2.85.